The zero-order valence-electron chi connectivity index (χ0n) is 8.78. The summed E-state index contributed by atoms with van der Waals surface area (Å²) >= 11 is 0. The number of carbonyl (C=O) groups is 1. The predicted octanol–water partition coefficient (Wildman–Crippen LogP) is 1.13. The number of ether oxygens (including phenoxy) is 1. The molecule has 1 saturated heterocycles. The monoisotopic (exact) mass is 224 g/mol. The third-order valence-electron chi connectivity index (χ3n) is 2.57. The number of carbonyl (C=O) groups excluding carboxylic acids is 1. The third kappa shape index (κ3) is 2.55. The number of pyridine rings is 1. The summed E-state index contributed by atoms with van der Waals surface area (Å²) in [5.74, 6) is -0.973. The van der Waals surface area contributed by atoms with Gasteiger partial charge in [-0.05, 0) is 18.9 Å². The molecule has 1 aliphatic heterocycles. The molecule has 1 fully saturated rings. The van der Waals surface area contributed by atoms with Gasteiger partial charge in [0.2, 0.25) is 0 Å². The van der Waals surface area contributed by atoms with Crippen molar-refractivity contribution >= 4 is 5.91 Å². The standard InChI is InChI=1S/C11H13FN2O2/c12-10-7-13-4-1-9(10)11(15)14-8-2-5-16-6-3-8/h1,4,7-8H,2-3,5-6H2,(H,14,15). The molecule has 0 aliphatic carbocycles. The van der Waals surface area contributed by atoms with E-state index in [-0.39, 0.29) is 17.5 Å². The highest BCUT2D eigenvalue weighted by Gasteiger charge is 2.18. The molecule has 0 radical (unpaired) electrons. The molecule has 1 aromatic heterocycles. The van der Waals surface area contributed by atoms with E-state index < -0.39 is 5.82 Å². The summed E-state index contributed by atoms with van der Waals surface area (Å²) in [5.41, 5.74) is 0.0430. The second-order valence-electron chi connectivity index (χ2n) is 3.72. The van der Waals surface area contributed by atoms with Gasteiger partial charge in [0, 0.05) is 25.5 Å². The van der Waals surface area contributed by atoms with E-state index in [1.807, 2.05) is 0 Å². The molecule has 4 nitrogen and oxygen atoms in total. The summed E-state index contributed by atoms with van der Waals surface area (Å²) in [5, 5.41) is 2.79. The summed E-state index contributed by atoms with van der Waals surface area (Å²) < 4.78 is 18.4. The first-order valence-corrected chi connectivity index (χ1v) is 5.25. The largest absolute Gasteiger partial charge is 0.381 e. The highest BCUT2D eigenvalue weighted by atomic mass is 19.1. The lowest BCUT2D eigenvalue weighted by molar-refractivity contribution is 0.0694. The average molecular weight is 224 g/mol. The summed E-state index contributed by atoms with van der Waals surface area (Å²) in [6.07, 6.45) is 4.00. The molecule has 1 N–H and O–H groups in total. The molecule has 0 spiro atoms. The topological polar surface area (TPSA) is 51.2 Å². The number of nitrogens with one attached hydrogen (secondary N) is 1. The Balaban J connectivity index is 2.00. The highest BCUT2D eigenvalue weighted by molar-refractivity contribution is 5.94. The molecule has 5 heteroatoms. The lowest BCUT2D eigenvalue weighted by Gasteiger charge is -2.23. The number of nitrogens with zero attached hydrogens (tertiary/aromatic N) is 1. The quantitative estimate of drug-likeness (QED) is 0.819. The molecule has 2 rings (SSSR count). The molecule has 16 heavy (non-hydrogen) atoms. The van der Waals surface area contributed by atoms with Crippen LogP contribution in [0.1, 0.15) is 23.2 Å². The van der Waals surface area contributed by atoms with Gasteiger partial charge in [0.05, 0.1) is 11.8 Å². The van der Waals surface area contributed by atoms with Gasteiger partial charge in [-0.15, -0.1) is 0 Å². The molecular formula is C11H13FN2O2. The van der Waals surface area contributed by atoms with Crippen molar-refractivity contribution < 1.29 is 13.9 Å². The number of amides is 1. The first-order valence-electron chi connectivity index (χ1n) is 5.25. The van der Waals surface area contributed by atoms with Crippen molar-refractivity contribution in [1.29, 1.82) is 0 Å². The summed E-state index contributed by atoms with van der Waals surface area (Å²) in [6, 6.07) is 1.46. The summed E-state index contributed by atoms with van der Waals surface area (Å²) in [7, 11) is 0. The van der Waals surface area contributed by atoms with Crippen molar-refractivity contribution in [2.75, 3.05) is 13.2 Å². The van der Waals surface area contributed by atoms with Crippen molar-refractivity contribution in [2.24, 2.45) is 0 Å². The first kappa shape index (κ1) is 11.0. The van der Waals surface area contributed by atoms with Crippen molar-refractivity contribution in [3.63, 3.8) is 0 Å². The van der Waals surface area contributed by atoms with Crippen LogP contribution >= 0.6 is 0 Å². The minimum Gasteiger partial charge on any atom is -0.381 e. The number of hydrogen-bond donors (Lipinski definition) is 1. The normalized spacial score (nSPS) is 17.1. The lowest BCUT2D eigenvalue weighted by Crippen LogP contribution is -2.39. The van der Waals surface area contributed by atoms with E-state index in [0.29, 0.717) is 13.2 Å². The van der Waals surface area contributed by atoms with Crippen molar-refractivity contribution in [2.45, 2.75) is 18.9 Å². The Morgan fingerprint density at radius 2 is 2.25 bits per heavy atom. The van der Waals surface area contributed by atoms with Gasteiger partial charge in [-0.2, -0.15) is 0 Å². The minimum atomic E-state index is -0.591. The molecular weight excluding hydrogens is 211 g/mol. The fraction of sp³-hybridized carbons (Fsp3) is 0.455. The highest BCUT2D eigenvalue weighted by Crippen LogP contribution is 2.09. The van der Waals surface area contributed by atoms with Gasteiger partial charge in [0.1, 0.15) is 0 Å². The second-order valence-corrected chi connectivity index (χ2v) is 3.72. The van der Waals surface area contributed by atoms with Gasteiger partial charge >= 0.3 is 0 Å². The fourth-order valence-corrected chi connectivity index (χ4v) is 1.66. The molecule has 2 heterocycles. The molecule has 1 aromatic rings. The van der Waals surface area contributed by atoms with E-state index in [0.717, 1.165) is 19.0 Å². The van der Waals surface area contributed by atoms with Crippen LogP contribution in [0.15, 0.2) is 18.5 Å². The van der Waals surface area contributed by atoms with Crippen LogP contribution in [0.3, 0.4) is 0 Å². The van der Waals surface area contributed by atoms with Gasteiger partial charge in [-0.1, -0.05) is 0 Å². The maximum absolute atomic E-state index is 13.2. The van der Waals surface area contributed by atoms with Crippen LogP contribution in [0.25, 0.3) is 0 Å². The van der Waals surface area contributed by atoms with Crippen LogP contribution in [0.5, 0.6) is 0 Å². The number of rotatable bonds is 2. The number of aromatic nitrogens is 1. The number of halogens is 1. The second kappa shape index (κ2) is 5.03. The molecule has 0 saturated carbocycles. The molecule has 86 valence electrons. The maximum atomic E-state index is 13.2. The minimum absolute atomic E-state index is 0.0430. The van der Waals surface area contributed by atoms with E-state index >= 15 is 0 Å². The maximum Gasteiger partial charge on any atom is 0.254 e. The van der Waals surface area contributed by atoms with Crippen LogP contribution in [-0.2, 0) is 4.74 Å². The molecule has 1 amide bonds. The van der Waals surface area contributed by atoms with Gasteiger partial charge in [0.25, 0.3) is 5.91 Å². The summed E-state index contributed by atoms with van der Waals surface area (Å²) in [6.45, 7) is 1.29. The molecule has 1 aliphatic rings. The van der Waals surface area contributed by atoms with E-state index in [9.17, 15) is 9.18 Å². The lowest BCUT2D eigenvalue weighted by atomic mass is 10.1. The zero-order valence-corrected chi connectivity index (χ0v) is 8.78. The van der Waals surface area contributed by atoms with Gasteiger partial charge in [-0.25, -0.2) is 4.39 Å². The van der Waals surface area contributed by atoms with E-state index in [4.69, 9.17) is 4.74 Å². The van der Waals surface area contributed by atoms with E-state index in [2.05, 4.69) is 10.3 Å². The van der Waals surface area contributed by atoms with Gasteiger partial charge in [0.15, 0.2) is 5.82 Å². The Labute approximate surface area is 92.8 Å². The Morgan fingerprint density at radius 3 is 2.94 bits per heavy atom. The molecule has 0 bridgehead atoms. The van der Waals surface area contributed by atoms with Crippen LogP contribution in [0, 0.1) is 5.82 Å². The van der Waals surface area contributed by atoms with Crippen LogP contribution in [0.4, 0.5) is 4.39 Å². The van der Waals surface area contributed by atoms with Crippen LogP contribution < -0.4 is 5.32 Å². The Morgan fingerprint density at radius 1 is 1.50 bits per heavy atom. The van der Waals surface area contributed by atoms with E-state index in [1.165, 1.54) is 12.3 Å². The van der Waals surface area contributed by atoms with Crippen LogP contribution in [0.2, 0.25) is 0 Å². The zero-order chi connectivity index (χ0) is 11.4. The third-order valence-corrected chi connectivity index (χ3v) is 2.57. The molecule has 0 aromatic carbocycles. The van der Waals surface area contributed by atoms with Crippen molar-refractivity contribution in [1.82, 2.24) is 10.3 Å². The fourth-order valence-electron chi connectivity index (χ4n) is 1.66. The Kier molecular flexibility index (Phi) is 3.46. The average Bonchev–Trinajstić information content (AvgIpc) is 2.31. The molecule has 0 unspecified atom stereocenters. The SMILES string of the molecule is O=C(NC1CCOCC1)c1ccncc1F. The van der Waals surface area contributed by atoms with Crippen molar-refractivity contribution in [3.8, 4) is 0 Å². The van der Waals surface area contributed by atoms with Crippen LogP contribution in [-0.4, -0.2) is 30.1 Å². The van der Waals surface area contributed by atoms with Gasteiger partial charge < -0.3 is 10.1 Å². The molecule has 0 atom stereocenters. The predicted molar refractivity (Wildman–Crippen MR) is 55.5 cm³/mol. The first-order chi connectivity index (χ1) is 7.77. The van der Waals surface area contributed by atoms with Gasteiger partial charge in [-0.3, -0.25) is 9.78 Å². The smallest absolute Gasteiger partial charge is 0.254 e. The van der Waals surface area contributed by atoms with Crippen molar-refractivity contribution in [3.05, 3.63) is 29.8 Å². The Bertz CT molecular complexity index is 378. The van der Waals surface area contributed by atoms with E-state index in [1.54, 1.807) is 0 Å². The Hall–Kier alpha value is -1.49. The number of hydrogen-bond acceptors (Lipinski definition) is 3. The summed E-state index contributed by atoms with van der Waals surface area (Å²) in [4.78, 5) is 15.3.